The van der Waals surface area contributed by atoms with Crippen LogP contribution >= 0.6 is 0 Å². The van der Waals surface area contributed by atoms with Crippen LogP contribution in [0.2, 0.25) is 0 Å². The van der Waals surface area contributed by atoms with E-state index in [1.165, 1.54) is 0 Å². The van der Waals surface area contributed by atoms with E-state index in [1.807, 2.05) is 4.90 Å². The number of amides is 3. The summed E-state index contributed by atoms with van der Waals surface area (Å²) in [5.74, 6) is 0.00648. The van der Waals surface area contributed by atoms with Gasteiger partial charge < -0.3 is 10.4 Å². The second-order valence-corrected chi connectivity index (χ2v) is 5.25. The molecular weight excluding hydrogens is 234 g/mol. The van der Waals surface area contributed by atoms with Crippen LogP contribution < -0.4 is 10.6 Å². The van der Waals surface area contributed by atoms with E-state index in [0.717, 1.165) is 38.8 Å². The zero-order valence-electron chi connectivity index (χ0n) is 10.5. The number of likely N-dealkylation sites (tertiary alicyclic amines) is 1. The molecule has 1 aliphatic carbocycles. The van der Waals surface area contributed by atoms with Crippen LogP contribution in [0.4, 0.5) is 4.79 Å². The van der Waals surface area contributed by atoms with Crippen molar-refractivity contribution in [2.24, 2.45) is 5.92 Å². The Morgan fingerprint density at radius 1 is 1.22 bits per heavy atom. The third-order valence-electron chi connectivity index (χ3n) is 3.60. The summed E-state index contributed by atoms with van der Waals surface area (Å²) in [5.41, 5.74) is 0. The molecule has 0 aromatic rings. The number of nitrogens with zero attached hydrogens (tertiary/aromatic N) is 1. The molecule has 0 bridgehead atoms. The maximum atomic E-state index is 11.5. The van der Waals surface area contributed by atoms with E-state index < -0.39 is 0 Å². The summed E-state index contributed by atoms with van der Waals surface area (Å²) in [6.07, 6.45) is 4.31. The highest BCUT2D eigenvalue weighted by Crippen LogP contribution is 2.17. The minimum absolute atomic E-state index is 0.167. The van der Waals surface area contributed by atoms with Crippen LogP contribution in [-0.2, 0) is 4.79 Å². The summed E-state index contributed by atoms with van der Waals surface area (Å²) in [7, 11) is 0. The van der Waals surface area contributed by atoms with Crippen LogP contribution in [0.15, 0.2) is 0 Å². The van der Waals surface area contributed by atoms with Crippen LogP contribution in [0.3, 0.4) is 0 Å². The van der Waals surface area contributed by atoms with E-state index in [2.05, 4.69) is 10.6 Å². The van der Waals surface area contributed by atoms with Crippen molar-refractivity contribution in [3.63, 3.8) is 0 Å². The zero-order valence-corrected chi connectivity index (χ0v) is 10.5. The van der Waals surface area contributed by atoms with Gasteiger partial charge in [0.15, 0.2) is 0 Å². The number of aliphatic hydroxyl groups excluding tert-OH is 1. The average molecular weight is 255 g/mol. The van der Waals surface area contributed by atoms with Gasteiger partial charge in [-0.3, -0.25) is 15.0 Å². The minimum atomic E-state index is -0.383. The van der Waals surface area contributed by atoms with Crippen molar-refractivity contribution in [2.75, 3.05) is 26.2 Å². The molecule has 1 saturated heterocycles. The van der Waals surface area contributed by atoms with Gasteiger partial charge in [0, 0.05) is 31.7 Å². The largest absolute Gasteiger partial charge is 0.396 e. The van der Waals surface area contributed by atoms with Gasteiger partial charge in [0.2, 0.25) is 5.91 Å². The normalized spacial score (nSPS) is 21.6. The summed E-state index contributed by atoms with van der Waals surface area (Å²) in [4.78, 5) is 25.0. The minimum Gasteiger partial charge on any atom is -0.396 e. The fourth-order valence-corrected chi connectivity index (χ4v) is 2.58. The molecule has 0 aromatic carbocycles. The van der Waals surface area contributed by atoms with E-state index in [1.54, 1.807) is 0 Å². The lowest BCUT2D eigenvalue weighted by molar-refractivity contribution is -0.123. The van der Waals surface area contributed by atoms with Crippen LogP contribution in [0.25, 0.3) is 0 Å². The predicted octanol–water partition coefficient (Wildman–Crippen LogP) is -0.321. The Hall–Kier alpha value is -1.14. The highest BCUT2D eigenvalue weighted by atomic mass is 16.3. The average Bonchev–Trinajstić information content (AvgIpc) is 2.75. The molecule has 2 fully saturated rings. The summed E-state index contributed by atoms with van der Waals surface area (Å²) in [6, 6.07) is -0.160. The number of hydrogen-bond acceptors (Lipinski definition) is 4. The molecule has 3 amide bonds. The van der Waals surface area contributed by atoms with E-state index in [9.17, 15) is 9.59 Å². The van der Waals surface area contributed by atoms with Gasteiger partial charge in [-0.25, -0.2) is 4.79 Å². The second kappa shape index (κ2) is 6.15. The summed E-state index contributed by atoms with van der Waals surface area (Å²) in [6.45, 7) is 1.86. The molecule has 18 heavy (non-hydrogen) atoms. The van der Waals surface area contributed by atoms with Crippen LogP contribution in [-0.4, -0.2) is 54.2 Å². The Morgan fingerprint density at radius 3 is 2.50 bits per heavy atom. The first-order chi connectivity index (χ1) is 8.67. The maximum absolute atomic E-state index is 11.5. The van der Waals surface area contributed by atoms with Crippen molar-refractivity contribution in [1.29, 1.82) is 0 Å². The Labute approximate surface area is 107 Å². The van der Waals surface area contributed by atoms with Crippen molar-refractivity contribution < 1.29 is 14.7 Å². The van der Waals surface area contributed by atoms with Gasteiger partial charge in [0.25, 0.3) is 0 Å². The van der Waals surface area contributed by atoms with E-state index >= 15 is 0 Å². The first-order valence-electron chi connectivity index (χ1n) is 6.61. The van der Waals surface area contributed by atoms with Crippen molar-refractivity contribution >= 4 is 11.9 Å². The summed E-state index contributed by atoms with van der Waals surface area (Å²) in [5, 5.41) is 14.0. The number of aliphatic hydroxyl groups is 1. The Kier molecular flexibility index (Phi) is 4.54. The van der Waals surface area contributed by atoms with E-state index in [4.69, 9.17) is 5.11 Å². The van der Waals surface area contributed by atoms with Gasteiger partial charge >= 0.3 is 6.03 Å². The SMILES string of the molecule is O=C(CN1CC(CO)C1)NC(=O)NC1CCCC1. The van der Waals surface area contributed by atoms with Crippen molar-refractivity contribution in [3.05, 3.63) is 0 Å². The molecule has 3 N–H and O–H groups in total. The van der Waals surface area contributed by atoms with Crippen molar-refractivity contribution in [3.8, 4) is 0 Å². The van der Waals surface area contributed by atoms with Gasteiger partial charge in [0.1, 0.15) is 0 Å². The molecule has 1 heterocycles. The molecule has 0 aromatic heterocycles. The van der Waals surface area contributed by atoms with Crippen molar-refractivity contribution in [1.82, 2.24) is 15.5 Å². The molecule has 0 spiro atoms. The standard InChI is InChI=1S/C12H21N3O3/c16-8-9-5-15(6-9)7-11(17)14-12(18)13-10-3-1-2-4-10/h9-10,16H,1-8H2,(H2,13,14,17,18). The van der Waals surface area contributed by atoms with Crippen LogP contribution in [0.1, 0.15) is 25.7 Å². The van der Waals surface area contributed by atoms with E-state index in [0.29, 0.717) is 0 Å². The first kappa shape index (κ1) is 13.3. The number of nitrogens with one attached hydrogen (secondary N) is 2. The topological polar surface area (TPSA) is 81.7 Å². The number of carbonyl (C=O) groups is 2. The third kappa shape index (κ3) is 3.68. The molecule has 0 unspecified atom stereocenters. The van der Waals surface area contributed by atoms with Crippen LogP contribution in [0, 0.1) is 5.92 Å². The van der Waals surface area contributed by atoms with Gasteiger partial charge in [-0.05, 0) is 12.8 Å². The fourth-order valence-electron chi connectivity index (χ4n) is 2.58. The molecule has 6 heteroatoms. The lowest BCUT2D eigenvalue weighted by Crippen LogP contribution is -2.53. The predicted molar refractivity (Wildman–Crippen MR) is 65.9 cm³/mol. The smallest absolute Gasteiger partial charge is 0.321 e. The molecule has 2 rings (SSSR count). The summed E-state index contributed by atoms with van der Waals surface area (Å²) < 4.78 is 0. The maximum Gasteiger partial charge on any atom is 0.321 e. The molecule has 0 radical (unpaired) electrons. The van der Waals surface area contributed by atoms with Crippen LogP contribution in [0.5, 0.6) is 0 Å². The quantitative estimate of drug-likeness (QED) is 0.643. The lowest BCUT2D eigenvalue weighted by atomic mass is 10.0. The van der Waals surface area contributed by atoms with Crippen molar-refractivity contribution in [2.45, 2.75) is 31.7 Å². The molecule has 2 aliphatic rings. The number of urea groups is 1. The number of rotatable bonds is 4. The first-order valence-corrected chi connectivity index (χ1v) is 6.61. The number of imide groups is 1. The monoisotopic (exact) mass is 255 g/mol. The number of hydrogen-bond donors (Lipinski definition) is 3. The molecule has 1 aliphatic heterocycles. The van der Waals surface area contributed by atoms with Gasteiger partial charge in [-0.1, -0.05) is 12.8 Å². The van der Waals surface area contributed by atoms with E-state index in [-0.39, 0.29) is 37.0 Å². The Balaban J connectivity index is 1.60. The highest BCUT2D eigenvalue weighted by molar-refractivity contribution is 5.95. The third-order valence-corrected chi connectivity index (χ3v) is 3.60. The Morgan fingerprint density at radius 2 is 1.89 bits per heavy atom. The molecule has 6 nitrogen and oxygen atoms in total. The lowest BCUT2D eigenvalue weighted by Gasteiger charge is -2.37. The Bertz CT molecular complexity index is 310. The van der Waals surface area contributed by atoms with Gasteiger partial charge in [0.05, 0.1) is 6.54 Å². The fraction of sp³-hybridized carbons (Fsp3) is 0.833. The molecule has 102 valence electrons. The highest BCUT2D eigenvalue weighted by Gasteiger charge is 2.27. The summed E-state index contributed by atoms with van der Waals surface area (Å²) >= 11 is 0. The molecule has 1 saturated carbocycles. The number of carbonyl (C=O) groups excluding carboxylic acids is 2. The molecule has 0 atom stereocenters. The zero-order chi connectivity index (χ0) is 13.0. The molecular formula is C12H21N3O3. The van der Waals surface area contributed by atoms with Gasteiger partial charge in [-0.2, -0.15) is 0 Å². The van der Waals surface area contributed by atoms with Gasteiger partial charge in [-0.15, -0.1) is 0 Å². The second-order valence-electron chi connectivity index (χ2n) is 5.25.